The fourth-order valence-corrected chi connectivity index (χ4v) is 2.42. The zero-order valence-electron chi connectivity index (χ0n) is 12.0. The van der Waals surface area contributed by atoms with E-state index in [1.807, 2.05) is 19.1 Å². The van der Waals surface area contributed by atoms with Crippen LogP contribution in [-0.4, -0.2) is 6.10 Å². The van der Waals surface area contributed by atoms with Crippen molar-refractivity contribution < 1.29 is 4.74 Å². The van der Waals surface area contributed by atoms with Gasteiger partial charge in [-0.05, 0) is 25.7 Å². The zero-order valence-corrected chi connectivity index (χ0v) is 12.0. The maximum atomic E-state index is 6.18. The standard InChI is InChI=1S/C17H23NO/c1-4-7-12(2)19-17-15(13(3)18)11-10-14-8-5-6-9-16(14)17/h5-6,8-13H,4,7,18H2,1-3H3. The fraction of sp³-hybridized carbons (Fsp3) is 0.412. The third kappa shape index (κ3) is 3.07. The lowest BCUT2D eigenvalue weighted by atomic mass is 10.0. The van der Waals surface area contributed by atoms with Gasteiger partial charge in [0.1, 0.15) is 5.75 Å². The molecule has 19 heavy (non-hydrogen) atoms. The predicted octanol–water partition coefficient (Wildman–Crippen LogP) is 4.43. The Morgan fingerprint density at radius 2 is 1.84 bits per heavy atom. The number of nitrogens with two attached hydrogens (primary N) is 1. The molecule has 0 spiro atoms. The van der Waals surface area contributed by atoms with Crippen molar-refractivity contribution in [1.82, 2.24) is 0 Å². The van der Waals surface area contributed by atoms with E-state index in [4.69, 9.17) is 10.5 Å². The van der Waals surface area contributed by atoms with Crippen molar-refractivity contribution in [1.29, 1.82) is 0 Å². The normalized spacial score (nSPS) is 14.3. The summed E-state index contributed by atoms with van der Waals surface area (Å²) in [6.07, 6.45) is 2.40. The molecular weight excluding hydrogens is 234 g/mol. The zero-order chi connectivity index (χ0) is 13.8. The minimum Gasteiger partial charge on any atom is -0.490 e. The van der Waals surface area contributed by atoms with E-state index in [0.29, 0.717) is 0 Å². The molecule has 0 aromatic heterocycles. The molecule has 0 saturated heterocycles. The average molecular weight is 257 g/mol. The van der Waals surface area contributed by atoms with Crippen molar-refractivity contribution in [2.75, 3.05) is 0 Å². The molecule has 2 unspecified atom stereocenters. The van der Waals surface area contributed by atoms with E-state index in [-0.39, 0.29) is 12.1 Å². The Morgan fingerprint density at radius 1 is 1.11 bits per heavy atom. The molecule has 2 atom stereocenters. The van der Waals surface area contributed by atoms with Gasteiger partial charge in [0.2, 0.25) is 0 Å². The Labute approximate surface area is 115 Å². The first-order valence-electron chi connectivity index (χ1n) is 7.07. The third-order valence-electron chi connectivity index (χ3n) is 3.41. The summed E-state index contributed by atoms with van der Waals surface area (Å²) in [4.78, 5) is 0. The summed E-state index contributed by atoms with van der Waals surface area (Å²) in [6.45, 7) is 6.30. The monoisotopic (exact) mass is 257 g/mol. The second-order valence-electron chi connectivity index (χ2n) is 5.21. The van der Waals surface area contributed by atoms with E-state index in [2.05, 4.69) is 38.1 Å². The SMILES string of the molecule is CCCC(C)Oc1c(C(C)N)ccc2ccccc12. The highest BCUT2D eigenvalue weighted by Gasteiger charge is 2.14. The van der Waals surface area contributed by atoms with Crippen LogP contribution in [0.3, 0.4) is 0 Å². The van der Waals surface area contributed by atoms with Gasteiger partial charge in [-0.1, -0.05) is 49.7 Å². The first-order chi connectivity index (χ1) is 9.13. The van der Waals surface area contributed by atoms with Crippen LogP contribution in [-0.2, 0) is 0 Å². The van der Waals surface area contributed by atoms with Crippen LogP contribution in [0.25, 0.3) is 10.8 Å². The molecule has 0 aliphatic rings. The largest absolute Gasteiger partial charge is 0.490 e. The Bertz CT molecular complexity index is 548. The number of hydrogen-bond acceptors (Lipinski definition) is 2. The van der Waals surface area contributed by atoms with Crippen molar-refractivity contribution in [2.24, 2.45) is 5.73 Å². The molecule has 0 aliphatic carbocycles. The summed E-state index contributed by atoms with van der Waals surface area (Å²) in [7, 11) is 0. The molecule has 0 bridgehead atoms. The van der Waals surface area contributed by atoms with Crippen LogP contribution in [0.15, 0.2) is 36.4 Å². The van der Waals surface area contributed by atoms with Gasteiger partial charge in [-0.2, -0.15) is 0 Å². The molecule has 2 aromatic carbocycles. The van der Waals surface area contributed by atoms with Crippen molar-refractivity contribution in [3.05, 3.63) is 42.0 Å². The van der Waals surface area contributed by atoms with Gasteiger partial charge in [-0.25, -0.2) is 0 Å². The van der Waals surface area contributed by atoms with E-state index in [1.165, 1.54) is 5.39 Å². The average Bonchev–Trinajstić information content (AvgIpc) is 2.39. The van der Waals surface area contributed by atoms with Gasteiger partial charge in [0.15, 0.2) is 0 Å². The molecule has 0 amide bonds. The fourth-order valence-electron chi connectivity index (χ4n) is 2.42. The van der Waals surface area contributed by atoms with Gasteiger partial charge in [0.05, 0.1) is 6.10 Å². The van der Waals surface area contributed by atoms with Gasteiger partial charge in [-0.3, -0.25) is 0 Å². The van der Waals surface area contributed by atoms with Crippen LogP contribution in [0.2, 0.25) is 0 Å². The van der Waals surface area contributed by atoms with Crippen LogP contribution < -0.4 is 10.5 Å². The lowest BCUT2D eigenvalue weighted by Crippen LogP contribution is -2.15. The van der Waals surface area contributed by atoms with E-state index in [0.717, 1.165) is 29.5 Å². The topological polar surface area (TPSA) is 35.2 Å². The molecule has 0 aliphatic heterocycles. The highest BCUT2D eigenvalue weighted by atomic mass is 16.5. The molecule has 2 nitrogen and oxygen atoms in total. The quantitative estimate of drug-likeness (QED) is 0.860. The first kappa shape index (κ1) is 13.9. The van der Waals surface area contributed by atoms with Crippen LogP contribution in [0.1, 0.15) is 45.2 Å². The van der Waals surface area contributed by atoms with Crippen molar-refractivity contribution >= 4 is 10.8 Å². The maximum Gasteiger partial charge on any atom is 0.132 e. The molecule has 2 N–H and O–H groups in total. The second-order valence-corrected chi connectivity index (χ2v) is 5.21. The molecule has 0 heterocycles. The van der Waals surface area contributed by atoms with E-state index >= 15 is 0 Å². The Balaban J connectivity index is 2.49. The Kier molecular flexibility index (Phi) is 4.43. The van der Waals surface area contributed by atoms with Gasteiger partial charge in [0, 0.05) is 17.0 Å². The second kappa shape index (κ2) is 6.07. The minimum atomic E-state index is -0.0200. The van der Waals surface area contributed by atoms with Gasteiger partial charge in [0.25, 0.3) is 0 Å². The summed E-state index contributed by atoms with van der Waals surface area (Å²) in [5.74, 6) is 0.953. The van der Waals surface area contributed by atoms with Crippen LogP contribution in [0.5, 0.6) is 5.75 Å². The lowest BCUT2D eigenvalue weighted by Gasteiger charge is -2.20. The van der Waals surface area contributed by atoms with Crippen LogP contribution in [0.4, 0.5) is 0 Å². The van der Waals surface area contributed by atoms with Gasteiger partial charge < -0.3 is 10.5 Å². The van der Waals surface area contributed by atoms with Crippen LogP contribution in [0, 0.1) is 0 Å². The lowest BCUT2D eigenvalue weighted by molar-refractivity contribution is 0.210. The molecule has 0 radical (unpaired) electrons. The first-order valence-corrected chi connectivity index (χ1v) is 7.07. The molecular formula is C17H23NO. The Hall–Kier alpha value is -1.54. The number of fused-ring (bicyclic) bond motifs is 1. The number of benzene rings is 2. The van der Waals surface area contributed by atoms with Crippen molar-refractivity contribution in [2.45, 2.75) is 45.8 Å². The number of hydrogen-bond donors (Lipinski definition) is 1. The number of rotatable bonds is 5. The summed E-state index contributed by atoms with van der Waals surface area (Å²) < 4.78 is 6.18. The molecule has 102 valence electrons. The van der Waals surface area contributed by atoms with Crippen molar-refractivity contribution in [3.8, 4) is 5.75 Å². The van der Waals surface area contributed by atoms with Crippen molar-refractivity contribution in [3.63, 3.8) is 0 Å². The Morgan fingerprint density at radius 3 is 2.53 bits per heavy atom. The van der Waals surface area contributed by atoms with E-state index < -0.39 is 0 Å². The predicted molar refractivity (Wildman–Crippen MR) is 81.5 cm³/mol. The molecule has 2 heteroatoms. The molecule has 0 saturated carbocycles. The van der Waals surface area contributed by atoms with E-state index in [1.54, 1.807) is 0 Å². The molecule has 0 fully saturated rings. The molecule has 2 aromatic rings. The maximum absolute atomic E-state index is 6.18. The number of ether oxygens (including phenoxy) is 1. The summed E-state index contributed by atoms with van der Waals surface area (Å²) in [5, 5.41) is 2.35. The highest BCUT2D eigenvalue weighted by Crippen LogP contribution is 2.34. The van der Waals surface area contributed by atoms with Crippen LogP contribution >= 0.6 is 0 Å². The minimum absolute atomic E-state index is 0.0200. The molecule has 2 rings (SSSR count). The summed E-state index contributed by atoms with van der Waals surface area (Å²) in [5.41, 5.74) is 7.16. The van der Waals surface area contributed by atoms with E-state index in [9.17, 15) is 0 Å². The third-order valence-corrected chi connectivity index (χ3v) is 3.41. The van der Waals surface area contributed by atoms with Gasteiger partial charge in [-0.15, -0.1) is 0 Å². The van der Waals surface area contributed by atoms with Gasteiger partial charge >= 0.3 is 0 Å². The smallest absolute Gasteiger partial charge is 0.132 e. The summed E-state index contributed by atoms with van der Waals surface area (Å²) in [6, 6.07) is 12.5. The summed E-state index contributed by atoms with van der Waals surface area (Å²) >= 11 is 0. The highest BCUT2D eigenvalue weighted by molar-refractivity contribution is 5.89.